The van der Waals surface area contributed by atoms with Gasteiger partial charge in [0.05, 0.1) is 0 Å². The van der Waals surface area contributed by atoms with Gasteiger partial charge in [0.15, 0.2) is 5.78 Å². The van der Waals surface area contributed by atoms with Crippen molar-refractivity contribution in [3.8, 4) is 0 Å². The summed E-state index contributed by atoms with van der Waals surface area (Å²) in [4.78, 5) is 11.5. The first-order valence-electron chi connectivity index (χ1n) is 4.39. The number of allylic oxidation sites excluding steroid dienone is 4. The molecule has 0 aromatic carbocycles. The number of hydrogen-bond donors (Lipinski definition) is 0. The van der Waals surface area contributed by atoms with Gasteiger partial charge in [-0.2, -0.15) is 0 Å². The lowest BCUT2D eigenvalue weighted by atomic mass is 9.86. The van der Waals surface area contributed by atoms with Crippen LogP contribution in [-0.4, -0.2) is 5.78 Å². The SMILES string of the molecule is C=C/C=C(\C)C(=O)CC(C)(C)C=C. The highest BCUT2D eigenvalue weighted by Crippen LogP contribution is 2.23. The number of Topliss-reactive ketones (excluding diaryl/α,β-unsaturated/α-hetero) is 1. The highest BCUT2D eigenvalue weighted by molar-refractivity contribution is 5.95. The maximum Gasteiger partial charge on any atom is 0.159 e. The van der Waals surface area contributed by atoms with E-state index in [4.69, 9.17) is 0 Å². The molecule has 72 valence electrons. The molecule has 0 aliphatic rings. The second-order valence-electron chi connectivity index (χ2n) is 3.88. The van der Waals surface area contributed by atoms with Crippen molar-refractivity contribution in [3.05, 3.63) is 37.0 Å². The minimum absolute atomic E-state index is 0.118. The zero-order chi connectivity index (χ0) is 10.5. The average molecular weight is 178 g/mol. The molecule has 0 spiro atoms. The largest absolute Gasteiger partial charge is 0.295 e. The summed E-state index contributed by atoms with van der Waals surface area (Å²) in [5.74, 6) is 0.157. The van der Waals surface area contributed by atoms with Crippen LogP contribution in [0.4, 0.5) is 0 Å². The Balaban J connectivity index is 4.40. The molecule has 13 heavy (non-hydrogen) atoms. The summed E-state index contributed by atoms with van der Waals surface area (Å²) in [6.07, 6.45) is 5.69. The van der Waals surface area contributed by atoms with E-state index in [0.29, 0.717) is 6.42 Å². The van der Waals surface area contributed by atoms with Crippen molar-refractivity contribution in [2.24, 2.45) is 5.41 Å². The van der Waals surface area contributed by atoms with E-state index in [0.717, 1.165) is 5.57 Å². The zero-order valence-electron chi connectivity index (χ0n) is 8.76. The lowest BCUT2D eigenvalue weighted by Crippen LogP contribution is -2.14. The number of rotatable bonds is 5. The number of hydrogen-bond acceptors (Lipinski definition) is 1. The van der Waals surface area contributed by atoms with Gasteiger partial charge in [-0.15, -0.1) is 6.58 Å². The van der Waals surface area contributed by atoms with Crippen LogP contribution in [0.25, 0.3) is 0 Å². The Hall–Kier alpha value is -1.11. The Bertz CT molecular complexity index is 244. The Morgan fingerprint density at radius 3 is 2.31 bits per heavy atom. The van der Waals surface area contributed by atoms with Crippen molar-refractivity contribution in [1.29, 1.82) is 0 Å². The summed E-state index contributed by atoms with van der Waals surface area (Å²) in [5.41, 5.74) is 0.637. The first-order chi connectivity index (χ1) is 5.93. The highest BCUT2D eigenvalue weighted by Gasteiger charge is 2.18. The quantitative estimate of drug-likeness (QED) is 0.358. The molecule has 0 rings (SSSR count). The topological polar surface area (TPSA) is 17.1 Å². The fourth-order valence-electron chi connectivity index (χ4n) is 0.895. The molecule has 0 heterocycles. The summed E-state index contributed by atoms with van der Waals surface area (Å²) in [6, 6.07) is 0. The fourth-order valence-corrected chi connectivity index (χ4v) is 0.895. The van der Waals surface area contributed by atoms with Gasteiger partial charge >= 0.3 is 0 Å². The summed E-state index contributed by atoms with van der Waals surface area (Å²) in [5, 5.41) is 0. The lowest BCUT2D eigenvalue weighted by Gasteiger charge is -2.18. The van der Waals surface area contributed by atoms with Crippen molar-refractivity contribution in [3.63, 3.8) is 0 Å². The van der Waals surface area contributed by atoms with Crippen LogP contribution in [0.2, 0.25) is 0 Å². The van der Waals surface area contributed by atoms with Crippen molar-refractivity contribution in [2.75, 3.05) is 0 Å². The van der Waals surface area contributed by atoms with Gasteiger partial charge in [-0.25, -0.2) is 0 Å². The Kier molecular flexibility index (Phi) is 4.39. The van der Waals surface area contributed by atoms with Gasteiger partial charge in [0.2, 0.25) is 0 Å². The van der Waals surface area contributed by atoms with Crippen molar-refractivity contribution < 1.29 is 4.79 Å². The van der Waals surface area contributed by atoms with Gasteiger partial charge in [0.25, 0.3) is 0 Å². The number of carbonyl (C=O) groups is 1. The molecule has 0 aromatic rings. The Morgan fingerprint density at radius 1 is 1.38 bits per heavy atom. The number of carbonyl (C=O) groups excluding carboxylic acids is 1. The van der Waals surface area contributed by atoms with Crippen molar-refractivity contribution >= 4 is 5.78 Å². The molecule has 1 nitrogen and oxygen atoms in total. The van der Waals surface area contributed by atoms with Gasteiger partial charge in [-0.3, -0.25) is 4.79 Å². The van der Waals surface area contributed by atoms with Gasteiger partial charge < -0.3 is 0 Å². The monoisotopic (exact) mass is 178 g/mol. The summed E-state index contributed by atoms with van der Waals surface area (Å²) < 4.78 is 0. The maximum atomic E-state index is 11.5. The van der Waals surface area contributed by atoms with Gasteiger partial charge in [-0.05, 0) is 17.9 Å². The highest BCUT2D eigenvalue weighted by atomic mass is 16.1. The van der Waals surface area contributed by atoms with Crippen molar-refractivity contribution in [1.82, 2.24) is 0 Å². The third-order valence-corrected chi connectivity index (χ3v) is 1.98. The van der Waals surface area contributed by atoms with Crippen LogP contribution in [0.1, 0.15) is 27.2 Å². The molecule has 0 saturated carbocycles. The third kappa shape index (κ3) is 4.46. The normalized spacial score (nSPS) is 12.4. The Morgan fingerprint density at radius 2 is 1.92 bits per heavy atom. The smallest absolute Gasteiger partial charge is 0.159 e. The predicted molar refractivity (Wildman–Crippen MR) is 57.6 cm³/mol. The lowest BCUT2D eigenvalue weighted by molar-refractivity contribution is -0.116. The van der Waals surface area contributed by atoms with Crippen molar-refractivity contribution in [2.45, 2.75) is 27.2 Å². The Labute approximate surface area is 80.8 Å². The first kappa shape index (κ1) is 11.9. The van der Waals surface area contributed by atoms with E-state index in [-0.39, 0.29) is 11.2 Å². The molecule has 1 heteroatoms. The van der Waals surface area contributed by atoms with Crippen LogP contribution in [0, 0.1) is 5.41 Å². The molecule has 0 amide bonds. The predicted octanol–water partition coefficient (Wildman–Crippen LogP) is 3.29. The van der Waals surface area contributed by atoms with Gasteiger partial charge in [0.1, 0.15) is 0 Å². The van der Waals surface area contributed by atoms with Crippen LogP contribution in [0.15, 0.2) is 37.0 Å². The van der Waals surface area contributed by atoms with E-state index in [1.54, 1.807) is 12.2 Å². The summed E-state index contributed by atoms with van der Waals surface area (Å²) in [6.45, 7) is 13.1. The third-order valence-electron chi connectivity index (χ3n) is 1.98. The minimum Gasteiger partial charge on any atom is -0.295 e. The molecule has 0 atom stereocenters. The zero-order valence-corrected chi connectivity index (χ0v) is 8.76. The molecule has 0 fully saturated rings. The molecule has 0 unspecified atom stereocenters. The molecule has 0 aliphatic carbocycles. The van der Waals surface area contributed by atoms with Crippen LogP contribution in [0.3, 0.4) is 0 Å². The van der Waals surface area contributed by atoms with E-state index in [1.807, 2.05) is 26.8 Å². The molecule has 0 aliphatic heterocycles. The first-order valence-corrected chi connectivity index (χ1v) is 4.39. The van der Waals surface area contributed by atoms with Gasteiger partial charge in [0, 0.05) is 6.42 Å². The van der Waals surface area contributed by atoms with Crippen LogP contribution in [-0.2, 0) is 4.79 Å². The summed E-state index contributed by atoms with van der Waals surface area (Å²) in [7, 11) is 0. The molecular weight excluding hydrogens is 160 g/mol. The summed E-state index contributed by atoms with van der Waals surface area (Å²) >= 11 is 0. The minimum atomic E-state index is -0.118. The number of ketones is 1. The molecule has 0 radical (unpaired) electrons. The molecule has 0 aromatic heterocycles. The van der Waals surface area contributed by atoms with Crippen LogP contribution < -0.4 is 0 Å². The van der Waals surface area contributed by atoms with E-state index in [9.17, 15) is 4.79 Å². The second-order valence-corrected chi connectivity index (χ2v) is 3.88. The van der Waals surface area contributed by atoms with E-state index in [1.165, 1.54) is 0 Å². The van der Waals surface area contributed by atoms with E-state index >= 15 is 0 Å². The van der Waals surface area contributed by atoms with E-state index < -0.39 is 0 Å². The van der Waals surface area contributed by atoms with Crippen LogP contribution >= 0.6 is 0 Å². The fraction of sp³-hybridized carbons (Fsp3) is 0.417. The van der Waals surface area contributed by atoms with E-state index in [2.05, 4.69) is 13.2 Å². The average Bonchev–Trinajstić information content (AvgIpc) is 2.04. The maximum absolute atomic E-state index is 11.5. The van der Waals surface area contributed by atoms with Crippen LogP contribution in [0.5, 0.6) is 0 Å². The molecule has 0 saturated heterocycles. The molecule has 0 N–H and O–H groups in total. The molecule has 0 bridgehead atoms. The molecular formula is C12H18O. The van der Waals surface area contributed by atoms with Gasteiger partial charge in [-0.1, -0.05) is 38.7 Å². The standard InChI is InChI=1S/C12H18O/c1-6-8-10(3)11(13)9-12(4,5)7-2/h6-8H,1-2,9H2,3-5H3/b10-8+. The second kappa shape index (κ2) is 4.80.